The molecule has 2 aromatic rings. The topological polar surface area (TPSA) is 34.1 Å². The van der Waals surface area contributed by atoms with Gasteiger partial charge in [0.15, 0.2) is 9.84 Å². The first-order valence-electron chi connectivity index (χ1n) is 6.15. The predicted octanol–water partition coefficient (Wildman–Crippen LogP) is 3.99. The molecule has 0 aliphatic rings. The average Bonchev–Trinajstić information content (AvgIpc) is 2.38. The Labute approximate surface area is 121 Å². The van der Waals surface area contributed by atoms with E-state index in [0.29, 0.717) is 0 Å². The Hall–Kier alpha value is -1.82. The monoisotopic (exact) mass is 314 g/mol. The Balaban J connectivity index is 2.40. The maximum atomic E-state index is 12.9. The van der Waals surface area contributed by atoms with Gasteiger partial charge in [0, 0.05) is 0 Å². The third-order valence-corrected chi connectivity index (χ3v) is 4.73. The van der Waals surface area contributed by atoms with Crippen molar-refractivity contribution in [1.82, 2.24) is 0 Å². The first-order valence-corrected chi connectivity index (χ1v) is 7.80. The normalized spacial score (nSPS) is 12.4. The van der Waals surface area contributed by atoms with Crippen LogP contribution in [0.5, 0.6) is 0 Å². The van der Waals surface area contributed by atoms with Gasteiger partial charge in [-0.2, -0.15) is 13.2 Å². The van der Waals surface area contributed by atoms with Crippen molar-refractivity contribution >= 4 is 9.84 Å². The molecule has 0 aliphatic heterocycles. The summed E-state index contributed by atoms with van der Waals surface area (Å²) in [6.45, 7) is 1.80. The maximum absolute atomic E-state index is 12.9. The number of aryl methyl sites for hydroxylation is 1. The van der Waals surface area contributed by atoms with Crippen LogP contribution in [-0.2, 0) is 21.8 Å². The van der Waals surface area contributed by atoms with Crippen molar-refractivity contribution in [2.75, 3.05) is 0 Å². The van der Waals surface area contributed by atoms with Gasteiger partial charge in [0.1, 0.15) is 0 Å². The van der Waals surface area contributed by atoms with Gasteiger partial charge in [0.2, 0.25) is 0 Å². The Morgan fingerprint density at radius 1 is 0.952 bits per heavy atom. The fraction of sp³-hybridized carbons (Fsp3) is 0.200. The van der Waals surface area contributed by atoms with E-state index in [1.807, 2.05) is 0 Å². The summed E-state index contributed by atoms with van der Waals surface area (Å²) < 4.78 is 63.1. The SMILES string of the molecule is Cc1ccc(S(=O)(=O)Cc2ccccc2C(F)(F)F)cc1. The summed E-state index contributed by atoms with van der Waals surface area (Å²) >= 11 is 0. The van der Waals surface area contributed by atoms with Gasteiger partial charge in [-0.3, -0.25) is 0 Å². The van der Waals surface area contributed by atoms with Crippen molar-refractivity contribution in [1.29, 1.82) is 0 Å². The van der Waals surface area contributed by atoms with Crippen LogP contribution in [0.4, 0.5) is 13.2 Å². The van der Waals surface area contributed by atoms with Crippen LogP contribution in [0.2, 0.25) is 0 Å². The number of hydrogen-bond acceptors (Lipinski definition) is 2. The molecule has 2 nitrogen and oxygen atoms in total. The van der Waals surface area contributed by atoms with Gasteiger partial charge in [-0.05, 0) is 30.7 Å². The zero-order chi connectivity index (χ0) is 15.7. The quantitative estimate of drug-likeness (QED) is 0.858. The molecule has 0 saturated heterocycles. The van der Waals surface area contributed by atoms with E-state index >= 15 is 0 Å². The molecule has 2 rings (SSSR count). The molecule has 0 N–H and O–H groups in total. The molecule has 0 saturated carbocycles. The highest BCUT2D eigenvalue weighted by Gasteiger charge is 2.34. The summed E-state index contributed by atoms with van der Waals surface area (Å²) in [5.41, 5.74) is -0.282. The van der Waals surface area contributed by atoms with Crippen LogP contribution in [-0.4, -0.2) is 8.42 Å². The predicted molar refractivity (Wildman–Crippen MR) is 73.5 cm³/mol. The molecule has 0 amide bonds. The van der Waals surface area contributed by atoms with Crippen molar-refractivity contribution in [3.63, 3.8) is 0 Å². The molecule has 0 radical (unpaired) electrons. The molecular weight excluding hydrogens is 301 g/mol. The molecule has 6 heteroatoms. The Morgan fingerprint density at radius 3 is 2.10 bits per heavy atom. The van der Waals surface area contributed by atoms with Crippen LogP contribution in [0.3, 0.4) is 0 Å². The van der Waals surface area contributed by atoms with E-state index in [-0.39, 0.29) is 10.5 Å². The molecule has 0 aliphatic carbocycles. The fourth-order valence-electron chi connectivity index (χ4n) is 1.96. The van der Waals surface area contributed by atoms with Crippen molar-refractivity contribution < 1.29 is 21.6 Å². The van der Waals surface area contributed by atoms with Crippen LogP contribution in [0.25, 0.3) is 0 Å². The minimum Gasteiger partial charge on any atom is -0.223 e. The highest BCUT2D eigenvalue weighted by atomic mass is 32.2. The molecule has 112 valence electrons. The number of hydrogen-bond donors (Lipinski definition) is 0. The third kappa shape index (κ3) is 3.64. The van der Waals surface area contributed by atoms with E-state index in [1.54, 1.807) is 19.1 Å². The summed E-state index contributed by atoms with van der Waals surface area (Å²) in [7, 11) is -3.81. The molecule has 0 heterocycles. The average molecular weight is 314 g/mol. The Kier molecular flexibility index (Phi) is 4.09. The van der Waals surface area contributed by atoms with Crippen LogP contribution in [0, 0.1) is 6.92 Å². The smallest absolute Gasteiger partial charge is 0.223 e. The van der Waals surface area contributed by atoms with Crippen molar-refractivity contribution in [3.05, 3.63) is 65.2 Å². The molecule has 0 spiro atoms. The van der Waals surface area contributed by atoms with Gasteiger partial charge >= 0.3 is 6.18 Å². The van der Waals surface area contributed by atoms with E-state index in [2.05, 4.69) is 0 Å². The standard InChI is InChI=1S/C15H13F3O2S/c1-11-6-8-13(9-7-11)21(19,20)10-12-4-2-3-5-14(12)15(16,17)18/h2-9H,10H2,1H3. The van der Waals surface area contributed by atoms with Crippen molar-refractivity contribution in [2.24, 2.45) is 0 Å². The zero-order valence-electron chi connectivity index (χ0n) is 11.2. The lowest BCUT2D eigenvalue weighted by Gasteiger charge is -2.13. The van der Waals surface area contributed by atoms with Crippen LogP contribution >= 0.6 is 0 Å². The second kappa shape index (κ2) is 5.52. The van der Waals surface area contributed by atoms with E-state index in [9.17, 15) is 21.6 Å². The number of alkyl halides is 3. The maximum Gasteiger partial charge on any atom is 0.416 e. The highest BCUT2D eigenvalue weighted by molar-refractivity contribution is 7.90. The first-order chi connectivity index (χ1) is 9.70. The third-order valence-electron chi connectivity index (χ3n) is 3.05. The molecular formula is C15H13F3O2S. The van der Waals surface area contributed by atoms with Crippen molar-refractivity contribution in [3.8, 4) is 0 Å². The van der Waals surface area contributed by atoms with E-state index in [1.165, 1.54) is 30.3 Å². The Morgan fingerprint density at radius 2 is 1.52 bits per heavy atom. The fourth-order valence-corrected chi connectivity index (χ4v) is 3.33. The summed E-state index contributed by atoms with van der Waals surface area (Å²) in [6, 6.07) is 10.8. The van der Waals surface area contributed by atoms with Crippen molar-refractivity contribution in [2.45, 2.75) is 23.7 Å². The summed E-state index contributed by atoms with van der Waals surface area (Å²) in [6.07, 6.45) is -4.57. The molecule has 0 aromatic heterocycles. The second-order valence-corrected chi connectivity index (χ2v) is 6.72. The lowest BCUT2D eigenvalue weighted by molar-refractivity contribution is -0.138. The largest absolute Gasteiger partial charge is 0.416 e. The summed E-state index contributed by atoms with van der Waals surface area (Å²) in [5.74, 6) is -0.675. The molecule has 2 aromatic carbocycles. The second-order valence-electron chi connectivity index (χ2n) is 4.73. The lowest BCUT2D eigenvalue weighted by Crippen LogP contribution is -2.13. The van der Waals surface area contributed by atoms with E-state index < -0.39 is 27.3 Å². The molecule has 21 heavy (non-hydrogen) atoms. The zero-order valence-corrected chi connectivity index (χ0v) is 12.0. The van der Waals surface area contributed by atoms with Crippen LogP contribution in [0.1, 0.15) is 16.7 Å². The van der Waals surface area contributed by atoms with Gasteiger partial charge < -0.3 is 0 Å². The molecule has 0 atom stereocenters. The van der Waals surface area contributed by atoms with Gasteiger partial charge in [-0.15, -0.1) is 0 Å². The minimum absolute atomic E-state index is 0.0186. The Bertz CT molecular complexity index is 732. The molecule has 0 bridgehead atoms. The van der Waals surface area contributed by atoms with Crippen LogP contribution in [0.15, 0.2) is 53.4 Å². The number of halogens is 3. The summed E-state index contributed by atoms with van der Waals surface area (Å²) in [4.78, 5) is 0.0186. The first kappa shape index (κ1) is 15.6. The number of rotatable bonds is 3. The minimum atomic E-state index is -4.57. The molecule has 0 unspecified atom stereocenters. The number of sulfone groups is 1. The molecule has 0 fully saturated rings. The van der Waals surface area contributed by atoms with Gasteiger partial charge in [0.05, 0.1) is 16.2 Å². The van der Waals surface area contributed by atoms with Crippen LogP contribution < -0.4 is 0 Å². The van der Waals surface area contributed by atoms with Gasteiger partial charge in [-0.25, -0.2) is 8.42 Å². The highest BCUT2D eigenvalue weighted by Crippen LogP contribution is 2.33. The number of benzene rings is 2. The van der Waals surface area contributed by atoms with Gasteiger partial charge in [-0.1, -0.05) is 35.9 Å². The lowest BCUT2D eigenvalue weighted by atomic mass is 10.1. The van der Waals surface area contributed by atoms with Gasteiger partial charge in [0.25, 0.3) is 0 Å². The van der Waals surface area contributed by atoms with E-state index in [0.717, 1.165) is 11.6 Å². The summed E-state index contributed by atoms with van der Waals surface area (Å²) in [5, 5.41) is 0. The van der Waals surface area contributed by atoms with E-state index in [4.69, 9.17) is 0 Å².